The van der Waals surface area contributed by atoms with Crippen molar-refractivity contribution in [3.05, 3.63) is 34.9 Å². The van der Waals surface area contributed by atoms with Crippen LogP contribution in [-0.2, 0) is 29.3 Å². The van der Waals surface area contributed by atoms with Gasteiger partial charge in [0, 0.05) is 22.9 Å². The van der Waals surface area contributed by atoms with Crippen LogP contribution in [0.25, 0.3) is 0 Å². The molecule has 5 atom stereocenters. The van der Waals surface area contributed by atoms with E-state index in [9.17, 15) is 14.4 Å². The fourth-order valence-corrected chi connectivity index (χ4v) is 8.48. The molecule has 1 saturated heterocycles. The molecule has 0 bridgehead atoms. The first kappa shape index (κ1) is 47.0. The molecule has 8 heteroatoms. The van der Waals surface area contributed by atoms with Gasteiger partial charge >= 0.3 is 11.9 Å². The number of amides is 1. The lowest BCUT2D eigenvalue weighted by Crippen LogP contribution is -2.52. The summed E-state index contributed by atoms with van der Waals surface area (Å²) in [6.07, 6.45) is 22.2. The number of halogens is 1. The van der Waals surface area contributed by atoms with Gasteiger partial charge in [0.05, 0.1) is 5.92 Å². The summed E-state index contributed by atoms with van der Waals surface area (Å²) >= 11 is 6.04. The third-order valence-electron chi connectivity index (χ3n) is 11.6. The molecule has 7 nitrogen and oxygen atoms in total. The second-order valence-corrected chi connectivity index (χ2v) is 17.5. The van der Waals surface area contributed by atoms with E-state index in [0.29, 0.717) is 17.9 Å². The van der Waals surface area contributed by atoms with Gasteiger partial charge in [0.1, 0.15) is 18.1 Å². The highest BCUT2D eigenvalue weighted by Gasteiger charge is 2.46. The summed E-state index contributed by atoms with van der Waals surface area (Å²) in [5.41, 5.74) is 7.28. The van der Waals surface area contributed by atoms with Crippen LogP contribution in [0.5, 0.6) is 0 Å². The highest BCUT2D eigenvalue weighted by atomic mass is 35.5. The van der Waals surface area contributed by atoms with E-state index < -0.39 is 17.8 Å². The summed E-state index contributed by atoms with van der Waals surface area (Å²) in [7, 11) is 4.45. The molecular formula is C45H77ClN2O5. The Labute approximate surface area is 329 Å². The Balaban J connectivity index is 0.000000428. The van der Waals surface area contributed by atoms with E-state index in [-0.39, 0.29) is 30.0 Å². The Morgan fingerprint density at radius 1 is 0.887 bits per heavy atom. The van der Waals surface area contributed by atoms with Gasteiger partial charge in [0.15, 0.2) is 0 Å². The van der Waals surface area contributed by atoms with Gasteiger partial charge in [0.25, 0.3) is 0 Å². The van der Waals surface area contributed by atoms with Gasteiger partial charge in [-0.3, -0.25) is 14.4 Å². The van der Waals surface area contributed by atoms with Gasteiger partial charge in [0.2, 0.25) is 5.91 Å². The number of benzene rings is 1. The number of likely N-dealkylation sites (N-methyl/N-ethyl adjacent to an activating group) is 1. The quantitative estimate of drug-likeness (QED) is 0.0573. The average Bonchev–Trinajstić information content (AvgIpc) is 3.06. The molecule has 0 spiro atoms. The second kappa shape index (κ2) is 25.1. The lowest BCUT2D eigenvalue weighted by Gasteiger charge is -2.51. The van der Waals surface area contributed by atoms with Gasteiger partial charge in [-0.25, -0.2) is 0 Å². The van der Waals surface area contributed by atoms with Gasteiger partial charge in [-0.05, 0) is 82.2 Å². The number of hydrogen-bond donors (Lipinski definition) is 1. The molecule has 1 saturated carbocycles. The Kier molecular flexibility index (Phi) is 22.3. The minimum absolute atomic E-state index is 0.0989. The predicted octanol–water partition coefficient (Wildman–Crippen LogP) is 11.2. The molecule has 1 aliphatic heterocycles. The maximum Gasteiger partial charge on any atom is 0.319 e. The van der Waals surface area contributed by atoms with Crippen molar-refractivity contribution >= 4 is 29.4 Å². The average molecular weight is 762 g/mol. The topological polar surface area (TPSA) is 98.9 Å². The number of hydrogen-bond acceptors (Lipinski definition) is 6. The third kappa shape index (κ3) is 15.9. The van der Waals surface area contributed by atoms with Crippen molar-refractivity contribution in [2.75, 3.05) is 14.1 Å². The molecule has 1 aliphatic carbocycles. The van der Waals surface area contributed by atoms with Crippen molar-refractivity contribution in [3.63, 3.8) is 0 Å². The molecule has 0 aromatic heterocycles. The smallest absolute Gasteiger partial charge is 0.319 e. The molecule has 1 aromatic rings. The molecule has 0 radical (unpaired) electrons. The standard InChI is InChI=1S/C28H51NO5.C17H26ClN/c1-5-7-9-11-12-13-14-15-16-18-22(33-28(32)25(21(3)4)26(29)30)20-24-23(27(31)34-24)19-17-10-8-6-2;1-13(2)12-16(19(3)4)17(10-5-11-17)14-6-8-15(18)9-7-14/h21-25H,5-20H2,1-4H3,(H2,29,30);6-9,13,16H,5,10-12H2,1-4H3/t22-,23-,24-,25-;/m0./s1. The summed E-state index contributed by atoms with van der Waals surface area (Å²) in [5, 5.41) is 0.837. The molecule has 1 heterocycles. The van der Waals surface area contributed by atoms with E-state index in [1.807, 2.05) is 12.1 Å². The van der Waals surface area contributed by atoms with Gasteiger partial charge < -0.3 is 20.1 Å². The zero-order chi connectivity index (χ0) is 39.4. The van der Waals surface area contributed by atoms with Crippen molar-refractivity contribution in [1.29, 1.82) is 0 Å². The Hall–Kier alpha value is -2.12. The predicted molar refractivity (Wildman–Crippen MR) is 220 cm³/mol. The third-order valence-corrected chi connectivity index (χ3v) is 11.9. The van der Waals surface area contributed by atoms with Crippen LogP contribution in [0.2, 0.25) is 5.02 Å². The maximum atomic E-state index is 12.7. The summed E-state index contributed by atoms with van der Waals surface area (Å²) in [6.45, 7) is 12.6. The largest absolute Gasteiger partial charge is 0.462 e. The number of nitrogens with two attached hydrogens (primary N) is 1. The molecule has 1 aromatic carbocycles. The first-order valence-corrected chi connectivity index (χ1v) is 21.8. The first-order chi connectivity index (χ1) is 25.3. The molecule has 304 valence electrons. The lowest BCUT2D eigenvalue weighted by atomic mass is 9.58. The minimum atomic E-state index is -0.945. The van der Waals surface area contributed by atoms with Crippen LogP contribution in [-0.4, -0.2) is 55.1 Å². The van der Waals surface area contributed by atoms with E-state index in [1.165, 1.54) is 82.6 Å². The minimum Gasteiger partial charge on any atom is -0.462 e. The maximum absolute atomic E-state index is 12.7. The highest BCUT2D eigenvalue weighted by molar-refractivity contribution is 6.30. The number of carbonyl (C=O) groups is 3. The summed E-state index contributed by atoms with van der Waals surface area (Å²) in [5.74, 6) is -1.85. The Morgan fingerprint density at radius 3 is 1.89 bits per heavy atom. The number of carbonyl (C=O) groups excluding carboxylic acids is 3. The summed E-state index contributed by atoms with van der Waals surface area (Å²) in [6, 6.07) is 9.18. The van der Waals surface area contributed by atoms with Gasteiger partial charge in [-0.2, -0.15) is 0 Å². The number of unbranched alkanes of at least 4 members (excludes halogenated alkanes) is 11. The number of esters is 2. The normalized spacial score (nSPS) is 19.4. The van der Waals surface area contributed by atoms with Crippen LogP contribution in [0.4, 0.5) is 0 Å². The summed E-state index contributed by atoms with van der Waals surface area (Å²) in [4.78, 5) is 39.0. The molecule has 2 fully saturated rings. The molecular weight excluding hydrogens is 684 g/mol. The molecule has 53 heavy (non-hydrogen) atoms. The molecule has 2 aliphatic rings. The molecule has 3 rings (SSSR count). The van der Waals surface area contributed by atoms with Crippen molar-refractivity contribution in [3.8, 4) is 0 Å². The van der Waals surface area contributed by atoms with Gasteiger partial charge in [-0.1, -0.05) is 149 Å². The van der Waals surface area contributed by atoms with Crippen molar-refractivity contribution < 1.29 is 23.9 Å². The van der Waals surface area contributed by atoms with Crippen molar-refractivity contribution in [1.82, 2.24) is 4.90 Å². The highest BCUT2D eigenvalue weighted by Crippen LogP contribution is 2.49. The Bertz CT molecular complexity index is 1180. The van der Waals surface area contributed by atoms with Crippen molar-refractivity contribution in [2.24, 2.45) is 29.4 Å². The number of ether oxygens (including phenoxy) is 2. The van der Waals surface area contributed by atoms with E-state index in [2.05, 4.69) is 58.8 Å². The van der Waals surface area contributed by atoms with E-state index >= 15 is 0 Å². The lowest BCUT2D eigenvalue weighted by molar-refractivity contribution is -0.190. The number of rotatable bonds is 26. The van der Waals surface area contributed by atoms with E-state index in [4.69, 9.17) is 26.8 Å². The van der Waals surface area contributed by atoms with Crippen LogP contribution in [0.15, 0.2) is 24.3 Å². The Morgan fingerprint density at radius 2 is 1.43 bits per heavy atom. The molecule has 1 unspecified atom stereocenters. The fourth-order valence-electron chi connectivity index (χ4n) is 8.36. The van der Waals surface area contributed by atoms with E-state index in [0.717, 1.165) is 55.9 Å². The number of primary amides is 1. The van der Waals surface area contributed by atoms with Crippen LogP contribution in [0.3, 0.4) is 0 Å². The zero-order valence-corrected chi connectivity index (χ0v) is 35.7. The zero-order valence-electron chi connectivity index (χ0n) is 34.9. The van der Waals surface area contributed by atoms with Crippen LogP contribution < -0.4 is 5.73 Å². The fraction of sp³-hybridized carbons (Fsp3) is 0.800. The summed E-state index contributed by atoms with van der Waals surface area (Å²) < 4.78 is 11.3. The number of cyclic esters (lactones) is 1. The van der Waals surface area contributed by atoms with E-state index in [1.54, 1.807) is 13.8 Å². The van der Waals surface area contributed by atoms with Crippen LogP contribution in [0.1, 0.15) is 176 Å². The van der Waals surface area contributed by atoms with Gasteiger partial charge in [-0.15, -0.1) is 0 Å². The molecule has 1 amide bonds. The molecule has 2 N–H and O–H groups in total. The van der Waals surface area contributed by atoms with Crippen LogP contribution >= 0.6 is 11.6 Å². The van der Waals surface area contributed by atoms with Crippen LogP contribution in [0, 0.1) is 23.7 Å². The number of nitrogens with zero attached hydrogens (tertiary/aromatic N) is 1. The van der Waals surface area contributed by atoms with Crippen molar-refractivity contribution in [2.45, 2.75) is 194 Å². The first-order valence-electron chi connectivity index (χ1n) is 21.4. The SMILES string of the molecule is CC(C)CC(N(C)C)C1(c2ccc(Cl)cc2)CCC1.CCCCCCCCCCC[C@@H](C[C@@H]1OC(=O)[C@H]1CCCCCC)OC(=O)[C@H](C(N)=O)C(C)C. The monoisotopic (exact) mass is 761 g/mol. The second-order valence-electron chi connectivity index (χ2n) is 17.1.